The molecule has 0 saturated carbocycles. The van der Waals surface area contributed by atoms with Crippen molar-refractivity contribution in [2.45, 2.75) is 0 Å². The van der Waals surface area contributed by atoms with Gasteiger partial charge < -0.3 is 0 Å². The molecule has 3 rings (SSSR count). The van der Waals surface area contributed by atoms with E-state index in [1.807, 2.05) is 36.4 Å². The molecule has 102 valence electrons. The lowest BCUT2D eigenvalue weighted by Crippen LogP contribution is -2.01. The number of benzene rings is 2. The minimum absolute atomic E-state index is 0.256. The summed E-state index contributed by atoms with van der Waals surface area (Å²) >= 11 is 5.19. The molecule has 0 amide bonds. The van der Waals surface area contributed by atoms with Gasteiger partial charge in [-0.1, -0.05) is 30.3 Å². The minimum atomic E-state index is -0.524. The Morgan fingerprint density at radius 2 is 1.95 bits per heavy atom. The van der Waals surface area contributed by atoms with E-state index in [2.05, 4.69) is 10.2 Å². The minimum Gasteiger partial charge on any atom is -0.265 e. The third-order valence-electron chi connectivity index (χ3n) is 3.02. The molecule has 0 fully saturated rings. The van der Waals surface area contributed by atoms with Gasteiger partial charge in [-0.05, 0) is 30.4 Å². The molecule has 21 heavy (non-hydrogen) atoms. The molecule has 0 unspecified atom stereocenters. The fourth-order valence-corrected chi connectivity index (χ4v) is 2.29. The highest BCUT2D eigenvalue weighted by Crippen LogP contribution is 2.23. The monoisotopic (exact) mass is 296 g/mol. The number of rotatable bonds is 2. The van der Waals surface area contributed by atoms with E-state index in [1.54, 1.807) is 6.07 Å². The molecule has 0 atom stereocenters. The van der Waals surface area contributed by atoms with Crippen LogP contribution in [0.5, 0.6) is 0 Å². The molecular weight excluding hydrogens is 287 g/mol. The third-order valence-corrected chi connectivity index (χ3v) is 3.30. The van der Waals surface area contributed by atoms with Crippen LogP contribution in [-0.2, 0) is 0 Å². The van der Waals surface area contributed by atoms with Gasteiger partial charge in [0, 0.05) is 5.56 Å². The van der Waals surface area contributed by atoms with E-state index in [0.29, 0.717) is 5.82 Å². The van der Waals surface area contributed by atoms with Gasteiger partial charge in [0.2, 0.25) is 0 Å². The van der Waals surface area contributed by atoms with Gasteiger partial charge in [0.25, 0.3) is 0 Å². The number of halogens is 1. The van der Waals surface area contributed by atoms with Gasteiger partial charge in [0.05, 0.1) is 17.3 Å². The van der Waals surface area contributed by atoms with E-state index >= 15 is 0 Å². The molecular formula is C15H9FN4S. The lowest BCUT2D eigenvalue weighted by Gasteiger charge is -2.08. The first kappa shape index (κ1) is 13.2. The first-order chi connectivity index (χ1) is 10.2. The van der Waals surface area contributed by atoms with Crippen LogP contribution in [0.1, 0.15) is 5.56 Å². The van der Waals surface area contributed by atoms with Crippen molar-refractivity contribution >= 4 is 12.2 Å². The molecule has 6 heteroatoms. The van der Waals surface area contributed by atoms with Crippen LogP contribution >= 0.6 is 12.2 Å². The van der Waals surface area contributed by atoms with Gasteiger partial charge >= 0.3 is 0 Å². The summed E-state index contributed by atoms with van der Waals surface area (Å²) in [5.74, 6) is -0.00654. The lowest BCUT2D eigenvalue weighted by atomic mass is 10.2. The number of hydrogen-bond donors (Lipinski definition) is 1. The average molecular weight is 296 g/mol. The predicted octanol–water partition coefficient (Wildman–Crippen LogP) is 3.61. The van der Waals surface area contributed by atoms with E-state index in [-0.39, 0.29) is 16.0 Å². The van der Waals surface area contributed by atoms with E-state index in [4.69, 9.17) is 17.5 Å². The Bertz CT molecular complexity index is 890. The number of nitriles is 1. The van der Waals surface area contributed by atoms with Crippen molar-refractivity contribution in [1.29, 1.82) is 5.26 Å². The fourth-order valence-electron chi connectivity index (χ4n) is 2.06. The standard InChI is InChI=1S/C15H9FN4S/c16-12-8-10(9-17)6-7-13(12)20-14(18-19-15(20)21)11-4-2-1-3-5-11/h1-8H,(H,19,21). The lowest BCUT2D eigenvalue weighted by molar-refractivity contribution is 0.617. The van der Waals surface area contributed by atoms with Crippen molar-refractivity contribution in [3.63, 3.8) is 0 Å². The number of nitrogens with zero attached hydrogens (tertiary/aromatic N) is 3. The van der Waals surface area contributed by atoms with Crippen molar-refractivity contribution < 1.29 is 4.39 Å². The van der Waals surface area contributed by atoms with Gasteiger partial charge in [-0.15, -0.1) is 0 Å². The highest BCUT2D eigenvalue weighted by Gasteiger charge is 2.14. The maximum atomic E-state index is 14.2. The van der Waals surface area contributed by atoms with Crippen LogP contribution in [-0.4, -0.2) is 14.8 Å². The first-order valence-electron chi connectivity index (χ1n) is 6.13. The Morgan fingerprint density at radius 1 is 1.19 bits per heavy atom. The largest absolute Gasteiger partial charge is 0.265 e. The smallest absolute Gasteiger partial charge is 0.200 e. The number of aromatic nitrogens is 3. The normalized spacial score (nSPS) is 10.3. The van der Waals surface area contributed by atoms with Crippen molar-refractivity contribution in [3.05, 3.63) is 64.7 Å². The van der Waals surface area contributed by atoms with E-state index < -0.39 is 5.82 Å². The van der Waals surface area contributed by atoms with Crippen molar-refractivity contribution in [1.82, 2.24) is 14.8 Å². The van der Waals surface area contributed by atoms with E-state index in [9.17, 15) is 4.39 Å². The second-order valence-corrected chi connectivity index (χ2v) is 4.72. The second-order valence-electron chi connectivity index (χ2n) is 4.33. The SMILES string of the molecule is N#Cc1ccc(-n2c(-c3ccccc3)n[nH]c2=S)c(F)c1. The van der Waals surface area contributed by atoms with Crippen LogP contribution in [0, 0.1) is 21.9 Å². The summed E-state index contributed by atoms with van der Waals surface area (Å²) in [4.78, 5) is 0. The molecule has 4 nitrogen and oxygen atoms in total. The molecule has 0 bridgehead atoms. The molecule has 0 spiro atoms. The zero-order valence-corrected chi connectivity index (χ0v) is 11.6. The second kappa shape index (κ2) is 5.31. The van der Waals surface area contributed by atoms with Gasteiger partial charge in [-0.25, -0.2) is 4.39 Å². The van der Waals surface area contributed by atoms with Crippen LogP contribution in [0.15, 0.2) is 48.5 Å². The van der Waals surface area contributed by atoms with Gasteiger partial charge in [0.15, 0.2) is 10.6 Å². The Hall–Kier alpha value is -2.78. The summed E-state index contributed by atoms with van der Waals surface area (Å²) in [7, 11) is 0. The molecule has 2 aromatic carbocycles. The van der Waals surface area contributed by atoms with Crippen LogP contribution < -0.4 is 0 Å². The molecule has 0 saturated heterocycles. The quantitative estimate of drug-likeness (QED) is 0.735. The highest BCUT2D eigenvalue weighted by atomic mass is 32.1. The average Bonchev–Trinajstić information content (AvgIpc) is 2.89. The Morgan fingerprint density at radius 3 is 2.62 bits per heavy atom. The van der Waals surface area contributed by atoms with Crippen LogP contribution in [0.2, 0.25) is 0 Å². The first-order valence-corrected chi connectivity index (χ1v) is 6.54. The third kappa shape index (κ3) is 2.35. The Balaban J connectivity index is 2.23. The molecule has 3 aromatic rings. The number of aromatic amines is 1. The summed E-state index contributed by atoms with van der Waals surface area (Å²) in [5, 5.41) is 15.6. The number of hydrogen-bond acceptors (Lipinski definition) is 3. The summed E-state index contributed by atoms with van der Waals surface area (Å²) in [6.07, 6.45) is 0. The van der Waals surface area contributed by atoms with Crippen molar-refractivity contribution in [3.8, 4) is 23.1 Å². The number of nitrogens with one attached hydrogen (secondary N) is 1. The molecule has 1 heterocycles. The molecule has 0 aliphatic rings. The van der Waals surface area contributed by atoms with Crippen LogP contribution in [0.25, 0.3) is 17.1 Å². The van der Waals surface area contributed by atoms with Gasteiger partial charge in [-0.3, -0.25) is 9.67 Å². The Kier molecular flexibility index (Phi) is 3.34. The summed E-state index contributed by atoms with van der Waals surface area (Å²) < 4.78 is 16.0. The Labute approximate surface area is 125 Å². The van der Waals surface area contributed by atoms with Gasteiger partial charge in [-0.2, -0.15) is 10.4 Å². The van der Waals surface area contributed by atoms with Crippen molar-refractivity contribution in [2.24, 2.45) is 0 Å². The van der Waals surface area contributed by atoms with E-state index in [0.717, 1.165) is 5.56 Å². The molecule has 1 aromatic heterocycles. The van der Waals surface area contributed by atoms with Crippen LogP contribution in [0.4, 0.5) is 4.39 Å². The zero-order chi connectivity index (χ0) is 14.8. The zero-order valence-electron chi connectivity index (χ0n) is 10.7. The van der Waals surface area contributed by atoms with Crippen LogP contribution in [0.3, 0.4) is 0 Å². The summed E-state index contributed by atoms with van der Waals surface area (Å²) in [6.45, 7) is 0. The summed E-state index contributed by atoms with van der Waals surface area (Å²) in [5.41, 5.74) is 1.33. The maximum Gasteiger partial charge on any atom is 0.200 e. The maximum absolute atomic E-state index is 14.2. The molecule has 0 aliphatic carbocycles. The number of H-pyrrole nitrogens is 1. The summed E-state index contributed by atoms with van der Waals surface area (Å²) in [6, 6.07) is 15.5. The fraction of sp³-hybridized carbons (Fsp3) is 0. The molecule has 1 N–H and O–H groups in total. The van der Waals surface area contributed by atoms with E-state index in [1.165, 1.54) is 16.7 Å². The topological polar surface area (TPSA) is 57.4 Å². The molecule has 0 aliphatic heterocycles. The highest BCUT2D eigenvalue weighted by molar-refractivity contribution is 7.71. The molecule has 0 radical (unpaired) electrons. The van der Waals surface area contributed by atoms with Crippen molar-refractivity contribution in [2.75, 3.05) is 0 Å². The van der Waals surface area contributed by atoms with Gasteiger partial charge in [0.1, 0.15) is 5.82 Å². The predicted molar refractivity (Wildman–Crippen MR) is 78.9 cm³/mol.